The zero-order valence-electron chi connectivity index (χ0n) is 21.2. The second kappa shape index (κ2) is 12.0. The summed E-state index contributed by atoms with van der Waals surface area (Å²) in [6.45, 7) is 2.42. The van der Waals surface area contributed by atoms with Gasteiger partial charge < -0.3 is 15.0 Å². The maximum absolute atomic E-state index is 13.5. The van der Waals surface area contributed by atoms with Gasteiger partial charge in [-0.1, -0.05) is 29.8 Å². The first-order chi connectivity index (χ1) is 18.7. The highest BCUT2D eigenvalue weighted by molar-refractivity contribution is 7.92. The first-order valence-corrected chi connectivity index (χ1v) is 13.8. The van der Waals surface area contributed by atoms with Gasteiger partial charge in [0.1, 0.15) is 5.75 Å². The molecule has 0 unspecified atom stereocenters. The Morgan fingerprint density at radius 3 is 2.44 bits per heavy atom. The van der Waals surface area contributed by atoms with Crippen LogP contribution in [0.5, 0.6) is 5.75 Å². The number of hydrogen-bond acceptors (Lipinski definition) is 8. The normalized spacial score (nSPS) is 11.0. The molecule has 0 aliphatic rings. The van der Waals surface area contributed by atoms with Gasteiger partial charge in [-0.3, -0.25) is 9.52 Å². The lowest BCUT2D eigenvalue weighted by atomic mass is 10.2. The standard InChI is InChI=1S/C27H25ClN6O4S/c1-3-34(15-7-14-29)27(35)18-8-6-9-20(16-18)39(36,37)33-26-25(30-22-10-4-5-11-23(22)31-26)32-24-17-19(38-2)12-13-21(24)28/h4-6,8-13,16-17H,3,7,15H2,1-2H3,(H,30,32)(H,31,33). The van der Waals surface area contributed by atoms with Crippen molar-refractivity contribution in [3.8, 4) is 11.8 Å². The number of aromatic nitrogens is 2. The van der Waals surface area contributed by atoms with E-state index in [0.717, 1.165) is 0 Å². The average molecular weight is 565 g/mol. The molecule has 2 N–H and O–H groups in total. The number of rotatable bonds is 10. The van der Waals surface area contributed by atoms with Gasteiger partial charge in [0, 0.05) is 24.7 Å². The first-order valence-electron chi connectivity index (χ1n) is 11.9. The number of ether oxygens (including phenoxy) is 1. The summed E-state index contributed by atoms with van der Waals surface area (Å²) in [5.74, 6) is 0.224. The predicted octanol–water partition coefficient (Wildman–Crippen LogP) is 5.21. The van der Waals surface area contributed by atoms with Crippen molar-refractivity contribution in [2.75, 3.05) is 30.2 Å². The van der Waals surface area contributed by atoms with Gasteiger partial charge in [0.15, 0.2) is 11.6 Å². The number of methoxy groups -OCH3 is 1. The van der Waals surface area contributed by atoms with Crippen molar-refractivity contribution in [3.05, 3.63) is 77.3 Å². The number of fused-ring (bicyclic) bond motifs is 1. The van der Waals surface area contributed by atoms with Crippen LogP contribution in [0.2, 0.25) is 5.02 Å². The molecule has 0 spiro atoms. The van der Waals surface area contributed by atoms with Crippen LogP contribution in [0.4, 0.5) is 17.3 Å². The molecule has 0 saturated heterocycles. The van der Waals surface area contributed by atoms with Crippen LogP contribution >= 0.6 is 11.6 Å². The minimum atomic E-state index is -4.20. The van der Waals surface area contributed by atoms with E-state index < -0.39 is 10.0 Å². The SMILES string of the molecule is CCN(CCC#N)C(=O)c1cccc(S(=O)(=O)Nc2nc3ccccc3nc2Nc2cc(OC)ccc2Cl)c1. The van der Waals surface area contributed by atoms with Crippen LogP contribution in [0.25, 0.3) is 11.0 Å². The second-order valence-electron chi connectivity index (χ2n) is 8.31. The summed E-state index contributed by atoms with van der Waals surface area (Å²) in [4.78, 5) is 23.4. The largest absolute Gasteiger partial charge is 0.497 e. The smallest absolute Gasteiger partial charge is 0.263 e. The van der Waals surface area contributed by atoms with Crippen molar-refractivity contribution < 1.29 is 17.9 Å². The third kappa shape index (κ3) is 6.37. The molecule has 3 aromatic carbocycles. The number of amides is 1. The molecule has 1 amide bonds. The fraction of sp³-hybridized carbons (Fsp3) is 0.185. The summed E-state index contributed by atoms with van der Waals surface area (Å²) in [6, 6.07) is 19.7. The Morgan fingerprint density at radius 2 is 1.77 bits per heavy atom. The molecule has 1 aromatic heterocycles. The van der Waals surface area contributed by atoms with E-state index >= 15 is 0 Å². The number of nitrogens with zero attached hydrogens (tertiary/aromatic N) is 4. The zero-order valence-corrected chi connectivity index (χ0v) is 22.8. The van der Waals surface area contributed by atoms with E-state index in [0.29, 0.717) is 34.0 Å². The Morgan fingerprint density at radius 1 is 1.05 bits per heavy atom. The lowest BCUT2D eigenvalue weighted by molar-refractivity contribution is 0.0767. The van der Waals surface area contributed by atoms with Crippen molar-refractivity contribution in [1.82, 2.24) is 14.9 Å². The monoisotopic (exact) mass is 564 g/mol. The number of halogens is 1. The Kier molecular flexibility index (Phi) is 8.49. The van der Waals surface area contributed by atoms with Gasteiger partial charge in [0.2, 0.25) is 0 Å². The molecule has 0 aliphatic carbocycles. The fourth-order valence-electron chi connectivity index (χ4n) is 3.77. The predicted molar refractivity (Wildman–Crippen MR) is 150 cm³/mol. The van der Waals surface area contributed by atoms with Crippen molar-refractivity contribution in [3.63, 3.8) is 0 Å². The lowest BCUT2D eigenvalue weighted by Gasteiger charge is -2.20. The number of carbonyl (C=O) groups is 1. The average Bonchev–Trinajstić information content (AvgIpc) is 2.94. The number of para-hydroxylation sites is 2. The summed E-state index contributed by atoms with van der Waals surface area (Å²) >= 11 is 6.36. The molecule has 39 heavy (non-hydrogen) atoms. The summed E-state index contributed by atoms with van der Waals surface area (Å²) < 4.78 is 34.7. The molecule has 0 atom stereocenters. The highest BCUT2D eigenvalue weighted by Crippen LogP contribution is 2.32. The van der Waals surface area contributed by atoms with E-state index in [-0.39, 0.29) is 41.0 Å². The van der Waals surface area contributed by atoms with E-state index in [1.807, 2.05) is 6.07 Å². The molecule has 4 aromatic rings. The van der Waals surface area contributed by atoms with Gasteiger partial charge in [0.05, 0.1) is 46.2 Å². The van der Waals surface area contributed by atoms with Crippen LogP contribution in [0.3, 0.4) is 0 Å². The number of nitrogens with one attached hydrogen (secondary N) is 2. The highest BCUT2D eigenvalue weighted by Gasteiger charge is 2.22. The van der Waals surface area contributed by atoms with Crippen LogP contribution in [-0.4, -0.2) is 49.4 Å². The molecule has 0 bridgehead atoms. The number of anilines is 3. The molecule has 0 fully saturated rings. The summed E-state index contributed by atoms with van der Waals surface area (Å²) in [7, 11) is -2.68. The summed E-state index contributed by atoms with van der Waals surface area (Å²) in [6.07, 6.45) is 0.173. The molecule has 12 heteroatoms. The van der Waals surface area contributed by atoms with Gasteiger partial charge in [-0.2, -0.15) is 5.26 Å². The molecule has 1 heterocycles. The molecule has 0 aliphatic heterocycles. The zero-order chi connectivity index (χ0) is 28.0. The maximum Gasteiger partial charge on any atom is 0.263 e. The molecule has 10 nitrogen and oxygen atoms in total. The van der Waals surface area contributed by atoms with Crippen molar-refractivity contribution in [1.29, 1.82) is 5.26 Å². The number of carbonyl (C=O) groups excluding carboxylic acids is 1. The molecular weight excluding hydrogens is 540 g/mol. The van der Waals surface area contributed by atoms with Gasteiger partial charge in [-0.15, -0.1) is 0 Å². The maximum atomic E-state index is 13.5. The minimum Gasteiger partial charge on any atom is -0.497 e. The topological polar surface area (TPSA) is 137 Å². The Balaban J connectivity index is 1.71. The van der Waals surface area contributed by atoms with Crippen LogP contribution in [0.15, 0.2) is 71.6 Å². The molecule has 0 saturated carbocycles. The molecule has 0 radical (unpaired) electrons. The van der Waals surface area contributed by atoms with Gasteiger partial charge in [-0.25, -0.2) is 18.4 Å². The third-order valence-corrected chi connectivity index (χ3v) is 7.45. The van der Waals surface area contributed by atoms with E-state index in [9.17, 15) is 13.2 Å². The molecule has 4 rings (SSSR count). The van der Waals surface area contributed by atoms with Gasteiger partial charge in [0.25, 0.3) is 15.9 Å². The van der Waals surface area contributed by atoms with Crippen LogP contribution in [0.1, 0.15) is 23.7 Å². The van der Waals surface area contributed by atoms with E-state index in [1.165, 1.54) is 36.3 Å². The lowest BCUT2D eigenvalue weighted by Crippen LogP contribution is -2.31. The minimum absolute atomic E-state index is 0.0616. The number of sulfonamides is 1. The van der Waals surface area contributed by atoms with Crippen LogP contribution in [0, 0.1) is 11.3 Å². The third-order valence-electron chi connectivity index (χ3n) is 5.78. The summed E-state index contributed by atoms with van der Waals surface area (Å²) in [5, 5.41) is 12.3. The van der Waals surface area contributed by atoms with E-state index in [1.54, 1.807) is 49.4 Å². The van der Waals surface area contributed by atoms with Crippen LogP contribution in [-0.2, 0) is 10.0 Å². The van der Waals surface area contributed by atoms with Gasteiger partial charge in [-0.05, 0) is 49.4 Å². The Bertz CT molecular complexity index is 1670. The first kappa shape index (κ1) is 27.6. The van der Waals surface area contributed by atoms with Crippen molar-refractivity contribution in [2.24, 2.45) is 0 Å². The molecule has 200 valence electrons. The van der Waals surface area contributed by atoms with Crippen molar-refractivity contribution in [2.45, 2.75) is 18.2 Å². The van der Waals surface area contributed by atoms with Crippen molar-refractivity contribution >= 4 is 55.9 Å². The molecular formula is C27H25ClN6O4S. The number of nitriles is 1. The van der Waals surface area contributed by atoms with Crippen LogP contribution < -0.4 is 14.8 Å². The van der Waals surface area contributed by atoms with E-state index in [4.69, 9.17) is 21.6 Å². The number of hydrogen-bond donors (Lipinski definition) is 2. The van der Waals surface area contributed by atoms with E-state index in [2.05, 4.69) is 20.0 Å². The highest BCUT2D eigenvalue weighted by atomic mass is 35.5. The second-order valence-corrected chi connectivity index (χ2v) is 10.4. The van der Waals surface area contributed by atoms with Gasteiger partial charge >= 0.3 is 0 Å². The Labute approximate surface area is 231 Å². The number of benzene rings is 3. The Hall–Kier alpha value is -4.40. The summed E-state index contributed by atoms with van der Waals surface area (Å²) in [5.41, 5.74) is 1.62. The fourth-order valence-corrected chi connectivity index (χ4v) is 4.99. The quantitative estimate of drug-likeness (QED) is 0.268.